The summed E-state index contributed by atoms with van der Waals surface area (Å²) in [6, 6.07) is 0. The lowest BCUT2D eigenvalue weighted by Crippen LogP contribution is -2.30. The first kappa shape index (κ1) is 96.9. The number of aliphatic hydroxyl groups is 1. The van der Waals surface area contributed by atoms with E-state index in [0.29, 0.717) is 32.1 Å². The number of carbonyl (C=O) groups excluding carboxylic acids is 4. The third-order valence-electron chi connectivity index (χ3n) is 15.8. The van der Waals surface area contributed by atoms with Gasteiger partial charge in [-0.2, -0.15) is 0 Å². The van der Waals surface area contributed by atoms with Crippen molar-refractivity contribution < 1.29 is 80.2 Å². The fourth-order valence-corrected chi connectivity index (χ4v) is 11.5. The predicted octanol–water partition coefficient (Wildman–Crippen LogP) is 22.7. The molecule has 5 atom stereocenters. The zero-order valence-corrected chi connectivity index (χ0v) is 65.3. The van der Waals surface area contributed by atoms with Crippen LogP contribution in [0.3, 0.4) is 0 Å². The molecular weight excluding hydrogens is 1330 g/mol. The number of hydrogen-bond donors (Lipinski definition) is 3. The lowest BCUT2D eigenvalue weighted by molar-refractivity contribution is -0.161. The fraction of sp³-hybridized carbons (Fsp3) is 0.663. The van der Waals surface area contributed by atoms with Gasteiger partial charge in [0.1, 0.15) is 19.3 Å². The van der Waals surface area contributed by atoms with Crippen LogP contribution in [0, 0.1) is 0 Å². The molecule has 0 bridgehead atoms. The summed E-state index contributed by atoms with van der Waals surface area (Å²) >= 11 is 0. The lowest BCUT2D eigenvalue weighted by atomic mass is 10.1. The van der Waals surface area contributed by atoms with E-state index in [1.807, 2.05) is 0 Å². The molecule has 582 valence electrons. The summed E-state index contributed by atoms with van der Waals surface area (Å²) in [4.78, 5) is 72.9. The molecule has 0 amide bonds. The number of allylic oxidation sites excluding steroid dienone is 24. The first-order chi connectivity index (χ1) is 49.7. The topological polar surface area (TPSA) is 237 Å². The van der Waals surface area contributed by atoms with Crippen molar-refractivity contribution >= 4 is 39.5 Å². The van der Waals surface area contributed by atoms with E-state index in [1.54, 1.807) is 0 Å². The lowest BCUT2D eigenvalue weighted by Gasteiger charge is -2.21. The number of hydrogen-bond acceptors (Lipinski definition) is 15. The molecule has 0 aliphatic rings. The van der Waals surface area contributed by atoms with Crippen molar-refractivity contribution in [1.82, 2.24) is 0 Å². The maximum Gasteiger partial charge on any atom is 0.472 e. The van der Waals surface area contributed by atoms with Crippen molar-refractivity contribution in [1.29, 1.82) is 0 Å². The Morgan fingerprint density at radius 2 is 0.510 bits per heavy atom. The molecule has 5 unspecified atom stereocenters. The largest absolute Gasteiger partial charge is 0.472 e. The quantitative estimate of drug-likeness (QED) is 0.0169. The van der Waals surface area contributed by atoms with E-state index in [4.69, 9.17) is 37.0 Å². The Morgan fingerprint density at radius 1 is 0.284 bits per heavy atom. The zero-order chi connectivity index (χ0) is 74.6. The summed E-state index contributed by atoms with van der Waals surface area (Å²) in [6.07, 6.45) is 84.1. The molecular formula is C83H138O17P2. The van der Waals surface area contributed by atoms with Gasteiger partial charge in [-0.25, -0.2) is 9.13 Å². The highest BCUT2D eigenvalue weighted by Gasteiger charge is 2.30. The molecule has 0 fully saturated rings. The van der Waals surface area contributed by atoms with Crippen molar-refractivity contribution in [3.05, 3.63) is 146 Å². The number of phosphoric ester groups is 2. The van der Waals surface area contributed by atoms with Crippen molar-refractivity contribution in [2.45, 2.75) is 316 Å². The van der Waals surface area contributed by atoms with E-state index in [-0.39, 0.29) is 25.7 Å². The molecule has 0 aromatic rings. The summed E-state index contributed by atoms with van der Waals surface area (Å²) in [7, 11) is -9.98. The van der Waals surface area contributed by atoms with Gasteiger partial charge in [-0.1, -0.05) is 276 Å². The minimum atomic E-state index is -5.00. The number of carbonyl (C=O) groups is 4. The third-order valence-corrected chi connectivity index (χ3v) is 17.7. The van der Waals surface area contributed by atoms with Crippen molar-refractivity contribution in [2.75, 3.05) is 39.6 Å². The fourth-order valence-electron chi connectivity index (χ4n) is 9.96. The normalized spacial score (nSPS) is 14.7. The molecule has 0 saturated carbocycles. The predicted molar refractivity (Wildman–Crippen MR) is 417 cm³/mol. The first-order valence-electron chi connectivity index (χ1n) is 39.1. The highest BCUT2D eigenvalue weighted by atomic mass is 31.2. The second kappa shape index (κ2) is 74.2. The Labute approximate surface area is 617 Å². The van der Waals surface area contributed by atoms with Gasteiger partial charge in [0.05, 0.1) is 26.4 Å². The number of esters is 4. The molecule has 0 rings (SSSR count). The number of ether oxygens (including phenoxy) is 4. The van der Waals surface area contributed by atoms with Crippen LogP contribution >= 0.6 is 15.6 Å². The average molecular weight is 1470 g/mol. The van der Waals surface area contributed by atoms with E-state index in [0.717, 1.165) is 173 Å². The summed E-state index contributed by atoms with van der Waals surface area (Å²) in [5.41, 5.74) is 0. The highest BCUT2D eigenvalue weighted by molar-refractivity contribution is 7.47. The van der Waals surface area contributed by atoms with Crippen LogP contribution in [-0.4, -0.2) is 96.7 Å². The molecule has 17 nitrogen and oxygen atoms in total. The number of unbranched alkanes of at least 4 members (excludes halogenated alkanes) is 22. The van der Waals surface area contributed by atoms with Crippen LogP contribution in [0.2, 0.25) is 0 Å². The number of rotatable bonds is 72. The second-order valence-electron chi connectivity index (χ2n) is 25.5. The van der Waals surface area contributed by atoms with Crippen molar-refractivity contribution in [3.8, 4) is 0 Å². The van der Waals surface area contributed by atoms with Crippen LogP contribution in [0.1, 0.15) is 297 Å². The van der Waals surface area contributed by atoms with Crippen LogP contribution in [-0.2, 0) is 65.4 Å². The van der Waals surface area contributed by atoms with Gasteiger partial charge < -0.3 is 33.8 Å². The van der Waals surface area contributed by atoms with E-state index < -0.39 is 97.5 Å². The second-order valence-corrected chi connectivity index (χ2v) is 28.4. The Kier molecular flexibility index (Phi) is 70.5. The zero-order valence-electron chi connectivity index (χ0n) is 63.5. The number of aliphatic hydroxyl groups excluding tert-OH is 1. The molecule has 0 heterocycles. The monoisotopic (exact) mass is 1470 g/mol. The molecule has 0 aromatic carbocycles. The smallest absolute Gasteiger partial charge is 0.462 e. The van der Waals surface area contributed by atoms with E-state index in [2.05, 4.69) is 174 Å². The maximum absolute atomic E-state index is 13.1. The van der Waals surface area contributed by atoms with Crippen molar-refractivity contribution in [3.63, 3.8) is 0 Å². The van der Waals surface area contributed by atoms with Gasteiger partial charge in [0.2, 0.25) is 0 Å². The standard InChI is InChI=1S/C83H138O17P2/c1-5-9-13-17-21-25-29-32-35-37-38-40-43-45-49-52-56-60-64-68-80(85)93-73-78(99-82(87)69-65-61-57-53-47-28-24-20-16-12-8-4)75-97-101(89,90)95-71-77(84)72-96-102(91,92)98-76-79(100-83(88)70-66-62-58-54-50-46-41-34-31-27-23-19-15-11-7-3)74-94-81(86)67-63-59-55-51-48-44-42-39-36-33-30-26-22-18-14-10-6-2/h9-11,13-15,21-23,25-27,32-36,38,40-42,44,50,54,77-79,84H,5-8,12,16-20,24,28-31,37,39,43,45-49,51-53,55-76H2,1-4H3,(H,89,90)(H,91,92)/b13-9-,14-10-,15-11-,25-21-,26-22-,27-23-,35-32-,36-33-,40-38-,41-34-,44-42-,54-50-. The summed E-state index contributed by atoms with van der Waals surface area (Å²) in [5, 5.41) is 10.6. The van der Waals surface area contributed by atoms with Gasteiger partial charge in [0.15, 0.2) is 12.2 Å². The van der Waals surface area contributed by atoms with Gasteiger partial charge in [0, 0.05) is 25.7 Å². The highest BCUT2D eigenvalue weighted by Crippen LogP contribution is 2.45. The number of phosphoric acid groups is 2. The molecule has 0 saturated heterocycles. The molecule has 0 aliphatic carbocycles. The molecule has 0 aromatic heterocycles. The minimum absolute atomic E-state index is 0.0331. The first-order valence-corrected chi connectivity index (χ1v) is 42.1. The Hall–Kier alpha value is -5.06. The van der Waals surface area contributed by atoms with Crippen LogP contribution in [0.5, 0.6) is 0 Å². The third kappa shape index (κ3) is 73.3. The summed E-state index contributed by atoms with van der Waals surface area (Å²) < 4.78 is 68.5. The van der Waals surface area contributed by atoms with E-state index in [9.17, 15) is 43.2 Å². The maximum atomic E-state index is 13.1. The Morgan fingerprint density at radius 3 is 0.804 bits per heavy atom. The van der Waals surface area contributed by atoms with E-state index in [1.165, 1.54) is 38.5 Å². The van der Waals surface area contributed by atoms with Crippen LogP contribution in [0.15, 0.2) is 146 Å². The Balaban J connectivity index is 5.38. The van der Waals surface area contributed by atoms with Crippen molar-refractivity contribution in [2.24, 2.45) is 0 Å². The van der Waals surface area contributed by atoms with Crippen LogP contribution in [0.25, 0.3) is 0 Å². The van der Waals surface area contributed by atoms with Gasteiger partial charge in [-0.3, -0.25) is 37.3 Å². The molecule has 0 radical (unpaired) electrons. The van der Waals surface area contributed by atoms with Crippen LogP contribution in [0.4, 0.5) is 0 Å². The van der Waals surface area contributed by atoms with Gasteiger partial charge in [-0.15, -0.1) is 0 Å². The molecule has 0 aliphatic heterocycles. The molecule has 3 N–H and O–H groups in total. The SMILES string of the molecule is CC/C=C\C/C=C\C/C=C\C/C=C\CCCCCCCCC(=O)OCC(COP(=O)(O)OCC(O)COP(=O)(O)OCC(COC(=O)CCCCCC/C=C\C/C=C\C/C=C\C/C=C\CC)OC(=O)CCCC/C=C\C/C=C\C/C=C\C/C=C\CC)OC(=O)CCCCCCCCCCCCC. The molecule has 102 heavy (non-hydrogen) atoms. The molecule has 0 spiro atoms. The summed E-state index contributed by atoms with van der Waals surface area (Å²) in [6.45, 7) is 4.43. The van der Waals surface area contributed by atoms with Gasteiger partial charge >= 0.3 is 39.5 Å². The van der Waals surface area contributed by atoms with E-state index >= 15 is 0 Å². The Bertz CT molecular complexity index is 2510. The minimum Gasteiger partial charge on any atom is -0.462 e. The van der Waals surface area contributed by atoms with Crippen LogP contribution < -0.4 is 0 Å². The average Bonchev–Trinajstić information content (AvgIpc) is 0.926. The summed E-state index contributed by atoms with van der Waals surface area (Å²) in [5.74, 6) is -2.27. The van der Waals surface area contributed by atoms with Gasteiger partial charge in [0.25, 0.3) is 0 Å². The molecule has 19 heteroatoms. The van der Waals surface area contributed by atoms with Gasteiger partial charge in [-0.05, 0) is 141 Å².